The minimum atomic E-state index is -0.0999. The smallest absolute Gasteiger partial charge is 0.274 e. The Kier molecular flexibility index (Phi) is 5.33. The van der Waals surface area contributed by atoms with E-state index in [-0.39, 0.29) is 17.9 Å². The van der Waals surface area contributed by atoms with Crippen LogP contribution in [0.3, 0.4) is 0 Å². The number of thioether (sulfide) groups is 1. The number of aromatic nitrogens is 3. The third-order valence-corrected chi connectivity index (χ3v) is 6.01. The van der Waals surface area contributed by atoms with Gasteiger partial charge in [0.05, 0.1) is 17.0 Å². The molecule has 8 heteroatoms. The fourth-order valence-electron chi connectivity index (χ4n) is 3.78. The number of rotatable bonds is 4. The molecule has 0 saturated carbocycles. The Hall–Kier alpha value is -2.48. The molecule has 0 aromatic carbocycles. The van der Waals surface area contributed by atoms with E-state index in [4.69, 9.17) is 0 Å². The van der Waals surface area contributed by atoms with Crippen LogP contribution in [0.1, 0.15) is 23.3 Å². The molecule has 3 aliphatic rings. The summed E-state index contributed by atoms with van der Waals surface area (Å²) in [5.74, 6) is 0.706. The molecule has 2 amide bonds. The molecule has 3 aliphatic heterocycles. The largest absolute Gasteiger partial charge is 0.337 e. The summed E-state index contributed by atoms with van der Waals surface area (Å²) in [7, 11) is 0. The summed E-state index contributed by atoms with van der Waals surface area (Å²) in [6.07, 6.45) is 8.31. The van der Waals surface area contributed by atoms with Crippen molar-refractivity contribution in [3.05, 3.63) is 48.7 Å². The van der Waals surface area contributed by atoms with E-state index in [0.717, 1.165) is 24.4 Å². The molecule has 5 heterocycles. The lowest BCUT2D eigenvalue weighted by molar-refractivity contribution is -0.132. The topological polar surface area (TPSA) is 79.3 Å². The highest BCUT2D eigenvalue weighted by Gasteiger charge is 2.38. The maximum Gasteiger partial charge on any atom is 0.274 e. The lowest BCUT2D eigenvalue weighted by Crippen LogP contribution is -2.48. The van der Waals surface area contributed by atoms with E-state index in [9.17, 15) is 9.59 Å². The summed E-state index contributed by atoms with van der Waals surface area (Å²) in [6, 6.07) is 5.76. The maximum absolute atomic E-state index is 12.8. The van der Waals surface area contributed by atoms with Crippen molar-refractivity contribution in [3.63, 3.8) is 0 Å². The van der Waals surface area contributed by atoms with E-state index in [2.05, 4.69) is 15.0 Å². The molecule has 2 atom stereocenters. The lowest BCUT2D eigenvalue weighted by Gasteiger charge is -2.36. The molecule has 0 unspecified atom stereocenters. The Morgan fingerprint density at radius 3 is 2.78 bits per heavy atom. The average molecular weight is 383 g/mol. The highest BCUT2D eigenvalue weighted by Crippen LogP contribution is 2.29. The van der Waals surface area contributed by atoms with Crippen molar-refractivity contribution >= 4 is 23.6 Å². The van der Waals surface area contributed by atoms with Crippen LogP contribution in [0.4, 0.5) is 0 Å². The lowest BCUT2D eigenvalue weighted by atomic mass is 9.95. The van der Waals surface area contributed by atoms with Crippen LogP contribution in [0, 0.1) is 5.92 Å². The van der Waals surface area contributed by atoms with Gasteiger partial charge in [-0.2, -0.15) is 0 Å². The van der Waals surface area contributed by atoms with Crippen molar-refractivity contribution in [2.75, 3.05) is 25.4 Å². The average Bonchev–Trinajstić information content (AvgIpc) is 3.05. The Morgan fingerprint density at radius 2 is 2.00 bits per heavy atom. The van der Waals surface area contributed by atoms with Gasteiger partial charge < -0.3 is 9.80 Å². The molecule has 27 heavy (non-hydrogen) atoms. The Labute approximate surface area is 162 Å². The minimum Gasteiger partial charge on any atom is -0.337 e. The monoisotopic (exact) mass is 383 g/mol. The van der Waals surface area contributed by atoms with Gasteiger partial charge in [-0.25, -0.2) is 9.97 Å². The van der Waals surface area contributed by atoms with Crippen LogP contribution in [0.15, 0.2) is 48.0 Å². The summed E-state index contributed by atoms with van der Waals surface area (Å²) >= 11 is 1.46. The molecule has 2 bridgehead atoms. The van der Waals surface area contributed by atoms with Gasteiger partial charge in [0.15, 0.2) is 0 Å². The second-order valence-corrected chi connectivity index (χ2v) is 7.90. The first kappa shape index (κ1) is 17.9. The number of pyridine rings is 1. The summed E-state index contributed by atoms with van der Waals surface area (Å²) in [5.41, 5.74) is 0.363. The fraction of sp³-hybridized carbons (Fsp3) is 0.421. The number of fused-ring (bicyclic) bond motifs is 4. The molecule has 5 rings (SSSR count). The van der Waals surface area contributed by atoms with Gasteiger partial charge in [0.25, 0.3) is 5.91 Å². The van der Waals surface area contributed by atoms with Crippen molar-refractivity contribution in [1.29, 1.82) is 0 Å². The molecule has 2 aromatic rings. The van der Waals surface area contributed by atoms with E-state index >= 15 is 0 Å². The Balaban J connectivity index is 1.42. The molecule has 3 saturated heterocycles. The standard InChI is InChI=1S/C19H21N5O2S/c25-18(13-27-17-3-1-2-6-22-17)24-11-14-4-5-15(24)12-23(10-14)19(26)16-9-20-7-8-21-16/h1-3,6-9,14-15H,4-5,10-13H2/t14-,15+/m1/s1. The molecular formula is C19H21N5O2S. The van der Waals surface area contributed by atoms with Crippen LogP contribution >= 0.6 is 11.8 Å². The highest BCUT2D eigenvalue weighted by molar-refractivity contribution is 7.99. The molecule has 2 aromatic heterocycles. The van der Waals surface area contributed by atoms with Gasteiger partial charge in [0.1, 0.15) is 5.69 Å². The van der Waals surface area contributed by atoms with Crippen LogP contribution in [0.2, 0.25) is 0 Å². The van der Waals surface area contributed by atoms with Crippen molar-refractivity contribution in [2.45, 2.75) is 23.9 Å². The first-order valence-corrected chi connectivity index (χ1v) is 10.1. The predicted molar refractivity (Wildman–Crippen MR) is 101 cm³/mol. The summed E-state index contributed by atoms with van der Waals surface area (Å²) in [6.45, 7) is 1.95. The Bertz CT molecular complexity index is 804. The quantitative estimate of drug-likeness (QED) is 0.748. The first-order valence-electron chi connectivity index (χ1n) is 9.09. The minimum absolute atomic E-state index is 0.0706. The second-order valence-electron chi connectivity index (χ2n) is 6.90. The molecule has 0 spiro atoms. The number of carbonyl (C=O) groups is 2. The number of hydrogen-bond acceptors (Lipinski definition) is 6. The number of hydrogen-bond donors (Lipinski definition) is 0. The molecule has 3 fully saturated rings. The highest BCUT2D eigenvalue weighted by atomic mass is 32.2. The van der Waals surface area contributed by atoms with Gasteiger partial charge in [-0.1, -0.05) is 17.8 Å². The van der Waals surface area contributed by atoms with Crippen molar-refractivity contribution in [1.82, 2.24) is 24.8 Å². The van der Waals surface area contributed by atoms with Gasteiger partial charge in [0, 0.05) is 44.3 Å². The van der Waals surface area contributed by atoms with Crippen molar-refractivity contribution < 1.29 is 9.59 Å². The summed E-state index contributed by atoms with van der Waals surface area (Å²) in [4.78, 5) is 41.8. The molecule has 0 radical (unpaired) electrons. The zero-order chi connectivity index (χ0) is 18.6. The van der Waals surface area contributed by atoms with Crippen LogP contribution in [-0.4, -0.2) is 68.0 Å². The number of nitrogens with zero attached hydrogens (tertiary/aromatic N) is 5. The van der Waals surface area contributed by atoms with E-state index in [1.165, 1.54) is 24.2 Å². The summed E-state index contributed by atoms with van der Waals surface area (Å²) in [5, 5.41) is 0.852. The predicted octanol–water partition coefficient (Wildman–Crippen LogP) is 1.73. The molecular weight excluding hydrogens is 362 g/mol. The van der Waals surface area contributed by atoms with Gasteiger partial charge in [-0.3, -0.25) is 14.6 Å². The zero-order valence-corrected chi connectivity index (χ0v) is 15.7. The third kappa shape index (κ3) is 4.10. The van der Waals surface area contributed by atoms with Crippen molar-refractivity contribution in [3.8, 4) is 0 Å². The van der Waals surface area contributed by atoms with E-state index in [0.29, 0.717) is 30.5 Å². The SMILES string of the molecule is O=C(c1cnccn1)N1C[C@H]2CC[C@@H](C1)N(C(=O)CSc1ccccn1)C2. The zero-order valence-electron chi connectivity index (χ0n) is 14.9. The van der Waals surface area contributed by atoms with E-state index < -0.39 is 0 Å². The third-order valence-electron chi connectivity index (χ3n) is 5.08. The van der Waals surface area contributed by atoms with Crippen LogP contribution < -0.4 is 0 Å². The molecule has 7 nitrogen and oxygen atoms in total. The van der Waals surface area contributed by atoms with E-state index in [1.54, 1.807) is 12.4 Å². The Morgan fingerprint density at radius 1 is 1.07 bits per heavy atom. The second kappa shape index (κ2) is 8.04. The van der Waals surface area contributed by atoms with Gasteiger partial charge >= 0.3 is 0 Å². The first-order chi connectivity index (χ1) is 13.2. The van der Waals surface area contributed by atoms with E-state index in [1.807, 2.05) is 28.0 Å². The van der Waals surface area contributed by atoms with Gasteiger partial charge in [-0.15, -0.1) is 0 Å². The molecule has 0 aliphatic carbocycles. The number of amides is 2. The maximum atomic E-state index is 12.8. The van der Waals surface area contributed by atoms with Crippen LogP contribution in [-0.2, 0) is 4.79 Å². The normalized spacial score (nSPS) is 21.8. The summed E-state index contributed by atoms with van der Waals surface area (Å²) < 4.78 is 0. The molecule has 140 valence electrons. The number of carbonyl (C=O) groups excluding carboxylic acids is 2. The van der Waals surface area contributed by atoms with Crippen molar-refractivity contribution in [2.24, 2.45) is 5.92 Å². The van der Waals surface area contributed by atoms with Crippen LogP contribution in [0.25, 0.3) is 0 Å². The van der Waals surface area contributed by atoms with Gasteiger partial charge in [-0.05, 0) is 30.9 Å². The van der Waals surface area contributed by atoms with Gasteiger partial charge in [0.2, 0.25) is 5.91 Å². The number of piperidine rings is 1. The fourth-order valence-corrected chi connectivity index (χ4v) is 4.52. The van der Waals surface area contributed by atoms with Crippen LogP contribution in [0.5, 0.6) is 0 Å². The molecule has 0 N–H and O–H groups in total.